The largest absolute Gasteiger partial charge is 0.381 e. The summed E-state index contributed by atoms with van der Waals surface area (Å²) in [6, 6.07) is 7.98. The lowest BCUT2D eigenvalue weighted by molar-refractivity contribution is 0.0755. The highest BCUT2D eigenvalue weighted by atomic mass is 127. The van der Waals surface area contributed by atoms with E-state index in [9.17, 15) is 13.6 Å². The van der Waals surface area contributed by atoms with Crippen molar-refractivity contribution >= 4 is 50.3 Å². The number of aromatic nitrogens is 3. The van der Waals surface area contributed by atoms with E-state index in [1.54, 1.807) is 12.3 Å². The molecule has 0 aliphatic carbocycles. The van der Waals surface area contributed by atoms with E-state index in [1.165, 1.54) is 10.7 Å². The van der Waals surface area contributed by atoms with Crippen molar-refractivity contribution in [1.82, 2.24) is 14.3 Å². The second-order valence-corrected chi connectivity index (χ2v) is 10.6. The molecule has 1 aliphatic rings. The Morgan fingerprint density at radius 1 is 1.09 bits per heavy atom. The number of rotatable bonds is 2. The minimum absolute atomic E-state index is 0.0865. The second kappa shape index (κ2) is 8.16. The molecule has 5 nitrogen and oxygen atoms in total. The first kappa shape index (κ1) is 22.5. The van der Waals surface area contributed by atoms with Gasteiger partial charge in [0, 0.05) is 56.3 Å². The Morgan fingerprint density at radius 2 is 1.82 bits per heavy atom. The van der Waals surface area contributed by atoms with Crippen LogP contribution in [0.5, 0.6) is 0 Å². The van der Waals surface area contributed by atoms with Crippen molar-refractivity contribution in [1.29, 1.82) is 0 Å². The van der Waals surface area contributed by atoms with Crippen molar-refractivity contribution < 1.29 is 18.3 Å². The van der Waals surface area contributed by atoms with Gasteiger partial charge < -0.3 is 9.30 Å². The van der Waals surface area contributed by atoms with E-state index in [-0.39, 0.29) is 11.8 Å². The van der Waals surface area contributed by atoms with E-state index < -0.39 is 17.0 Å². The van der Waals surface area contributed by atoms with Crippen LogP contribution in [0.1, 0.15) is 50.0 Å². The zero-order chi connectivity index (χ0) is 23.5. The number of fused-ring (bicyclic) bond motifs is 2. The number of hydrogen-bond acceptors (Lipinski definition) is 3. The number of hydrogen-bond donors (Lipinski definition) is 0. The first-order valence-corrected chi connectivity index (χ1v) is 12.0. The molecule has 0 saturated carbocycles. The molecule has 0 N–H and O–H groups in total. The average molecular weight is 563 g/mol. The van der Waals surface area contributed by atoms with Gasteiger partial charge in [0.25, 0.3) is 5.91 Å². The number of nitrogens with zero attached hydrogens (tertiary/aromatic N) is 3. The molecule has 2 aromatic carbocycles. The summed E-state index contributed by atoms with van der Waals surface area (Å²) in [5.41, 5.74) is 2.67. The molecule has 1 saturated heterocycles. The quantitative estimate of drug-likeness (QED) is 0.264. The normalized spacial score (nSPS) is 15.6. The molecule has 0 spiro atoms. The van der Waals surface area contributed by atoms with Gasteiger partial charge >= 0.3 is 0 Å². The third kappa shape index (κ3) is 3.77. The molecule has 8 heteroatoms. The maximum absolute atomic E-state index is 14.2. The number of benzene rings is 2. The molecule has 1 aliphatic heterocycles. The van der Waals surface area contributed by atoms with Crippen molar-refractivity contribution in [3.8, 4) is 5.69 Å². The Kier molecular flexibility index (Phi) is 5.55. The molecule has 33 heavy (non-hydrogen) atoms. The summed E-state index contributed by atoms with van der Waals surface area (Å²) < 4.78 is 38.1. The van der Waals surface area contributed by atoms with Gasteiger partial charge in [-0.15, -0.1) is 0 Å². The summed E-state index contributed by atoms with van der Waals surface area (Å²) in [5, 5.41) is 6.14. The van der Waals surface area contributed by atoms with E-state index >= 15 is 0 Å². The minimum atomic E-state index is -0.882. The predicted octanol–water partition coefficient (Wildman–Crippen LogP) is 6.44. The maximum Gasteiger partial charge on any atom is 0.252 e. The third-order valence-corrected chi connectivity index (χ3v) is 7.37. The van der Waals surface area contributed by atoms with Gasteiger partial charge in [-0.25, -0.2) is 8.78 Å². The van der Waals surface area contributed by atoms with Crippen molar-refractivity contribution in [2.45, 2.75) is 39.5 Å². The fourth-order valence-corrected chi connectivity index (χ4v) is 5.62. The van der Waals surface area contributed by atoms with Crippen LogP contribution >= 0.6 is 22.6 Å². The van der Waals surface area contributed by atoms with Gasteiger partial charge in [-0.2, -0.15) is 9.78 Å². The van der Waals surface area contributed by atoms with Crippen LogP contribution in [-0.2, 0) is 4.74 Å². The molecule has 0 unspecified atom stereocenters. The molecule has 0 atom stereocenters. The highest BCUT2D eigenvalue weighted by molar-refractivity contribution is 14.1. The number of halogens is 3. The second-order valence-electron chi connectivity index (χ2n) is 9.56. The smallest absolute Gasteiger partial charge is 0.252 e. The third-order valence-electron chi connectivity index (χ3n) is 6.23. The van der Waals surface area contributed by atoms with E-state index in [0.717, 1.165) is 50.0 Å². The highest BCUT2D eigenvalue weighted by Crippen LogP contribution is 2.40. The molecular weight excluding hydrogens is 539 g/mol. The molecule has 1 fully saturated rings. The van der Waals surface area contributed by atoms with Crippen molar-refractivity contribution in [2.75, 3.05) is 13.2 Å². The van der Waals surface area contributed by atoms with Gasteiger partial charge in [0.15, 0.2) is 11.6 Å². The van der Waals surface area contributed by atoms with Crippen molar-refractivity contribution in [3.05, 3.63) is 57.4 Å². The Bertz CT molecular complexity index is 1390. The standard InChI is InChI=1S/C25H24F2IN3O2/c1-25(2,3)24(32)31-20-12-17-21(10-15(20)13-29-31)30(16-4-5-18(26)19(27)11-16)23(22(17)28)14-6-8-33-9-7-14/h4-5,10-14H,6-9H2,1-3H3. The Morgan fingerprint density at radius 3 is 2.48 bits per heavy atom. The molecule has 4 aromatic rings. The fraction of sp³-hybridized carbons (Fsp3) is 0.360. The van der Waals surface area contributed by atoms with Crippen LogP contribution < -0.4 is 0 Å². The first-order valence-electron chi connectivity index (χ1n) is 11.0. The molecule has 0 amide bonds. The summed E-state index contributed by atoms with van der Waals surface area (Å²) in [4.78, 5) is 13.0. The average Bonchev–Trinajstić information content (AvgIpc) is 3.32. The zero-order valence-corrected chi connectivity index (χ0v) is 20.8. The van der Waals surface area contributed by atoms with Gasteiger partial charge in [0.05, 0.1) is 17.2 Å². The summed E-state index contributed by atoms with van der Waals surface area (Å²) >= 11 is 2.34. The maximum atomic E-state index is 14.2. The molecule has 0 radical (unpaired) electrons. The lowest BCUT2D eigenvalue weighted by Gasteiger charge is -2.24. The van der Waals surface area contributed by atoms with Crippen molar-refractivity contribution in [3.63, 3.8) is 0 Å². The molecule has 172 valence electrons. The summed E-state index contributed by atoms with van der Waals surface area (Å²) in [6.45, 7) is 6.93. The van der Waals surface area contributed by atoms with Crippen LogP contribution in [-0.4, -0.2) is 33.5 Å². The van der Waals surface area contributed by atoms with Crippen molar-refractivity contribution in [2.24, 2.45) is 5.41 Å². The lowest BCUT2D eigenvalue weighted by Crippen LogP contribution is -2.27. The number of carbonyl (C=O) groups is 1. The van der Waals surface area contributed by atoms with Gasteiger partial charge in [-0.3, -0.25) is 4.79 Å². The topological polar surface area (TPSA) is 49.1 Å². The predicted molar refractivity (Wildman–Crippen MR) is 132 cm³/mol. The van der Waals surface area contributed by atoms with Crippen LogP contribution in [0, 0.1) is 20.6 Å². The van der Waals surface area contributed by atoms with E-state index in [4.69, 9.17) is 4.74 Å². The van der Waals surface area contributed by atoms with Gasteiger partial charge in [-0.1, -0.05) is 20.8 Å². The van der Waals surface area contributed by atoms with Crippen LogP contribution in [0.3, 0.4) is 0 Å². The lowest BCUT2D eigenvalue weighted by atomic mass is 9.95. The highest BCUT2D eigenvalue weighted by Gasteiger charge is 2.29. The van der Waals surface area contributed by atoms with Crippen LogP contribution in [0.4, 0.5) is 8.78 Å². The molecular formula is C25H24F2IN3O2. The Labute approximate surface area is 203 Å². The van der Waals surface area contributed by atoms with Crippen LogP contribution in [0.15, 0.2) is 36.5 Å². The minimum Gasteiger partial charge on any atom is -0.381 e. The number of carbonyl (C=O) groups excluding carboxylic acids is 1. The van der Waals surface area contributed by atoms with Crippen LogP contribution in [0.2, 0.25) is 0 Å². The SMILES string of the molecule is CC(C)(C)C(=O)n1ncc2cc3c(cc21)c(I)c(C1CCOCC1)n3-c1ccc(F)c(F)c1. The molecule has 3 heterocycles. The first-order chi connectivity index (χ1) is 15.7. The van der Waals surface area contributed by atoms with Gasteiger partial charge in [-0.05, 0) is 59.7 Å². The summed E-state index contributed by atoms with van der Waals surface area (Å²) in [7, 11) is 0. The van der Waals surface area contributed by atoms with E-state index in [0.29, 0.717) is 18.9 Å². The fourth-order valence-electron chi connectivity index (χ4n) is 4.50. The summed E-state index contributed by atoms with van der Waals surface area (Å²) in [5.74, 6) is -1.62. The number of ether oxygens (including phenoxy) is 1. The summed E-state index contributed by atoms with van der Waals surface area (Å²) in [6.07, 6.45) is 3.39. The Hall–Kier alpha value is -2.33. The van der Waals surface area contributed by atoms with Crippen LogP contribution in [0.25, 0.3) is 27.5 Å². The monoisotopic (exact) mass is 563 g/mol. The van der Waals surface area contributed by atoms with Gasteiger partial charge in [0.1, 0.15) is 0 Å². The molecule has 2 aromatic heterocycles. The molecule has 0 bridgehead atoms. The van der Waals surface area contributed by atoms with E-state index in [1.807, 2.05) is 37.5 Å². The zero-order valence-electron chi connectivity index (χ0n) is 18.7. The molecule has 5 rings (SSSR count). The van der Waals surface area contributed by atoms with Gasteiger partial charge in [0.2, 0.25) is 0 Å². The van der Waals surface area contributed by atoms with E-state index in [2.05, 4.69) is 27.7 Å². The Balaban J connectivity index is 1.81.